The van der Waals surface area contributed by atoms with E-state index >= 15 is 0 Å². The highest BCUT2D eigenvalue weighted by molar-refractivity contribution is 6.30. The Balaban J connectivity index is 1.37. The average Bonchev–Trinajstić information content (AvgIpc) is 3.30. The Morgan fingerprint density at radius 3 is 2.42 bits per heavy atom. The molecule has 2 aliphatic heterocycles. The molecular formula is C28H26ClFN4O4. The van der Waals surface area contributed by atoms with E-state index in [0.29, 0.717) is 42.2 Å². The summed E-state index contributed by atoms with van der Waals surface area (Å²) in [4.78, 5) is 47.4. The second-order valence-electron chi connectivity index (χ2n) is 9.30. The molecule has 0 saturated carbocycles. The molecule has 2 fully saturated rings. The molecule has 0 radical (unpaired) electrons. The van der Waals surface area contributed by atoms with Gasteiger partial charge in [0.25, 0.3) is 11.8 Å². The third-order valence-electron chi connectivity index (χ3n) is 6.93. The third-order valence-corrected chi connectivity index (χ3v) is 7.16. The number of aromatic nitrogens is 1. The molecule has 196 valence electrons. The molecule has 3 amide bonds. The summed E-state index contributed by atoms with van der Waals surface area (Å²) in [6.45, 7) is 0.783. The van der Waals surface area contributed by atoms with Crippen LogP contribution in [0.1, 0.15) is 39.3 Å². The van der Waals surface area contributed by atoms with Crippen LogP contribution >= 0.6 is 11.6 Å². The van der Waals surface area contributed by atoms with Crippen LogP contribution in [0.4, 0.5) is 4.39 Å². The van der Waals surface area contributed by atoms with Gasteiger partial charge in [-0.1, -0.05) is 29.8 Å². The zero-order chi connectivity index (χ0) is 26.7. The highest BCUT2D eigenvalue weighted by atomic mass is 35.5. The molecule has 1 atom stereocenters. The summed E-state index contributed by atoms with van der Waals surface area (Å²) in [5.41, 5.74) is 0.155. The summed E-state index contributed by atoms with van der Waals surface area (Å²) in [5.74, 6) is -1.62. The summed E-state index contributed by atoms with van der Waals surface area (Å²) in [6, 6.07) is 16.6. The van der Waals surface area contributed by atoms with E-state index in [-0.39, 0.29) is 24.6 Å². The van der Waals surface area contributed by atoms with Crippen molar-refractivity contribution in [1.82, 2.24) is 20.1 Å². The lowest BCUT2D eigenvalue weighted by atomic mass is 9.96. The summed E-state index contributed by atoms with van der Waals surface area (Å²) < 4.78 is 20.2. The molecule has 0 bridgehead atoms. The molecule has 1 aromatic heterocycles. The second kappa shape index (κ2) is 10.9. The predicted octanol–water partition coefficient (Wildman–Crippen LogP) is 3.66. The number of rotatable bonds is 5. The Kier molecular flexibility index (Phi) is 7.40. The largest absolute Gasteiger partial charge is 0.353 e. The van der Waals surface area contributed by atoms with Gasteiger partial charge in [0.2, 0.25) is 5.91 Å². The van der Waals surface area contributed by atoms with Crippen LogP contribution in [0.2, 0.25) is 5.02 Å². The summed E-state index contributed by atoms with van der Waals surface area (Å²) in [6.07, 6.45) is 2.22. The van der Waals surface area contributed by atoms with E-state index in [1.165, 1.54) is 23.1 Å². The van der Waals surface area contributed by atoms with Crippen molar-refractivity contribution >= 4 is 29.3 Å². The number of hydrogen-bond donors (Lipinski definition) is 1. The first-order valence-corrected chi connectivity index (χ1v) is 12.7. The quantitative estimate of drug-likeness (QED) is 0.537. The van der Waals surface area contributed by atoms with E-state index in [1.807, 2.05) is 6.07 Å². The van der Waals surface area contributed by atoms with Crippen LogP contribution in [0, 0.1) is 5.82 Å². The Morgan fingerprint density at radius 2 is 1.74 bits per heavy atom. The van der Waals surface area contributed by atoms with Crippen LogP contribution in [0.3, 0.4) is 0 Å². The maximum Gasteiger partial charge on any atom is 0.256 e. The molecule has 1 spiro atoms. The second-order valence-corrected chi connectivity index (χ2v) is 9.74. The first kappa shape index (κ1) is 25.8. The highest BCUT2D eigenvalue weighted by Gasteiger charge is 2.54. The van der Waals surface area contributed by atoms with Gasteiger partial charge in [0.1, 0.15) is 17.6 Å². The molecule has 2 aliphatic rings. The number of halogens is 2. The smallest absolute Gasteiger partial charge is 0.256 e. The van der Waals surface area contributed by atoms with Crippen LogP contribution < -0.4 is 5.32 Å². The number of nitrogens with zero attached hydrogens (tertiary/aromatic N) is 3. The van der Waals surface area contributed by atoms with Gasteiger partial charge in [0.05, 0.1) is 18.8 Å². The molecule has 5 rings (SSSR count). The first-order valence-electron chi connectivity index (χ1n) is 12.3. The van der Waals surface area contributed by atoms with Gasteiger partial charge in [0, 0.05) is 48.3 Å². The van der Waals surface area contributed by atoms with Crippen LogP contribution in [-0.2, 0) is 16.1 Å². The van der Waals surface area contributed by atoms with Gasteiger partial charge in [-0.05, 0) is 48.5 Å². The molecule has 8 nitrogen and oxygen atoms in total. The van der Waals surface area contributed by atoms with Crippen molar-refractivity contribution in [1.29, 1.82) is 0 Å². The fourth-order valence-corrected chi connectivity index (χ4v) is 5.18. The van der Waals surface area contributed by atoms with Crippen LogP contribution in [-0.4, -0.2) is 64.0 Å². The number of carbonyl (C=O) groups is 3. The van der Waals surface area contributed by atoms with Crippen LogP contribution in [0.5, 0.6) is 0 Å². The number of carbonyl (C=O) groups excluding carboxylic acids is 3. The maximum atomic E-state index is 14.0. The van der Waals surface area contributed by atoms with E-state index in [1.54, 1.807) is 47.5 Å². The van der Waals surface area contributed by atoms with E-state index in [4.69, 9.17) is 16.3 Å². The number of amides is 3. The SMILES string of the molecule is O=C(NCc1ccccn1)[C@H]1COC2(CCN(C(=O)c3cccc(Cl)c3)CC2)N1C(=O)c1cccc(F)c1. The average molecular weight is 537 g/mol. The minimum Gasteiger partial charge on any atom is -0.353 e. The number of likely N-dealkylation sites (tertiary alicyclic amines) is 1. The van der Waals surface area contributed by atoms with E-state index in [9.17, 15) is 18.8 Å². The lowest BCUT2D eigenvalue weighted by Gasteiger charge is -2.44. The Morgan fingerprint density at radius 1 is 1.00 bits per heavy atom. The summed E-state index contributed by atoms with van der Waals surface area (Å²) in [5, 5.41) is 3.31. The first-order chi connectivity index (χ1) is 18.4. The van der Waals surface area contributed by atoms with Crippen LogP contribution in [0.25, 0.3) is 0 Å². The Hall–Kier alpha value is -3.82. The fourth-order valence-electron chi connectivity index (χ4n) is 4.99. The van der Waals surface area contributed by atoms with Crippen LogP contribution in [0.15, 0.2) is 72.9 Å². The van der Waals surface area contributed by atoms with E-state index in [2.05, 4.69) is 10.3 Å². The molecule has 0 aliphatic carbocycles. The van der Waals surface area contributed by atoms with Gasteiger partial charge in [-0.25, -0.2) is 4.39 Å². The molecular weight excluding hydrogens is 511 g/mol. The van der Waals surface area contributed by atoms with E-state index < -0.39 is 29.4 Å². The number of piperidine rings is 1. The van der Waals surface area contributed by atoms with E-state index in [0.717, 1.165) is 6.07 Å². The number of pyridine rings is 1. The molecule has 0 unspecified atom stereocenters. The number of hydrogen-bond acceptors (Lipinski definition) is 5. The molecule has 3 aromatic rings. The van der Waals surface area contributed by atoms with Crippen molar-refractivity contribution < 1.29 is 23.5 Å². The number of ether oxygens (including phenoxy) is 1. The van der Waals surface area contributed by atoms with Gasteiger partial charge < -0.3 is 15.0 Å². The normalized spacial score (nSPS) is 18.4. The van der Waals surface area contributed by atoms with Gasteiger partial charge >= 0.3 is 0 Å². The zero-order valence-corrected chi connectivity index (χ0v) is 21.2. The molecule has 2 saturated heterocycles. The van der Waals surface area contributed by atoms with Crippen molar-refractivity contribution in [3.63, 3.8) is 0 Å². The van der Waals surface area contributed by atoms with Crippen molar-refractivity contribution in [2.24, 2.45) is 0 Å². The number of benzene rings is 2. The molecule has 3 heterocycles. The lowest BCUT2D eigenvalue weighted by Crippen LogP contribution is -2.59. The van der Waals surface area contributed by atoms with Gasteiger partial charge in [-0.15, -0.1) is 0 Å². The van der Waals surface area contributed by atoms with Crippen molar-refractivity contribution in [2.45, 2.75) is 31.2 Å². The monoisotopic (exact) mass is 536 g/mol. The van der Waals surface area contributed by atoms with Gasteiger partial charge in [-0.2, -0.15) is 0 Å². The molecule has 38 heavy (non-hydrogen) atoms. The summed E-state index contributed by atoms with van der Waals surface area (Å²) in [7, 11) is 0. The maximum absolute atomic E-state index is 14.0. The lowest BCUT2D eigenvalue weighted by molar-refractivity contribution is -0.128. The minimum absolute atomic E-state index is 0.0165. The number of nitrogens with one attached hydrogen (secondary N) is 1. The Bertz CT molecular complexity index is 1350. The topological polar surface area (TPSA) is 91.8 Å². The van der Waals surface area contributed by atoms with Crippen molar-refractivity contribution in [2.75, 3.05) is 19.7 Å². The zero-order valence-electron chi connectivity index (χ0n) is 20.5. The molecule has 10 heteroatoms. The molecule has 1 N–H and O–H groups in total. The van der Waals surface area contributed by atoms with Gasteiger partial charge in [0.15, 0.2) is 0 Å². The molecule has 2 aromatic carbocycles. The standard InChI is InChI=1S/C28H26ClFN4O4/c29-21-7-3-5-19(15-21)26(36)33-13-10-28(11-14-33)34(27(37)20-6-4-8-22(30)16-20)24(18-38-28)25(35)32-17-23-9-1-2-12-31-23/h1-9,12,15-16,24H,10-11,13-14,17-18H2,(H,32,35)/t24-/m1/s1. The van der Waals surface area contributed by atoms with Gasteiger partial charge in [-0.3, -0.25) is 24.3 Å². The fraction of sp³-hybridized carbons (Fsp3) is 0.286. The summed E-state index contributed by atoms with van der Waals surface area (Å²) >= 11 is 6.06. The highest BCUT2D eigenvalue weighted by Crippen LogP contribution is 2.39. The minimum atomic E-state index is -1.11. The Labute approximate surface area is 224 Å². The van der Waals surface area contributed by atoms with Crippen molar-refractivity contribution in [3.8, 4) is 0 Å². The third kappa shape index (κ3) is 5.25. The predicted molar refractivity (Wildman–Crippen MR) is 138 cm³/mol. The van der Waals surface area contributed by atoms with Crippen molar-refractivity contribution in [3.05, 3.63) is 101 Å².